The first-order valence-corrected chi connectivity index (χ1v) is 6.65. The third-order valence-corrected chi connectivity index (χ3v) is 2.85. The first-order chi connectivity index (χ1) is 9.83. The van der Waals surface area contributed by atoms with E-state index in [4.69, 9.17) is 9.47 Å². The van der Waals surface area contributed by atoms with Gasteiger partial charge in [-0.15, -0.1) is 0 Å². The molecule has 20 heavy (non-hydrogen) atoms. The van der Waals surface area contributed by atoms with Gasteiger partial charge in [0.2, 0.25) is 0 Å². The summed E-state index contributed by atoms with van der Waals surface area (Å²) in [6.45, 7) is 2.59. The van der Waals surface area contributed by atoms with E-state index in [1.807, 2.05) is 61.5 Å². The summed E-state index contributed by atoms with van der Waals surface area (Å²) in [6, 6.07) is 17.7. The molecule has 0 aliphatic rings. The Kier molecular flexibility index (Phi) is 5.23. The lowest BCUT2D eigenvalue weighted by molar-refractivity contribution is 0.103. The molecule has 102 valence electrons. The van der Waals surface area contributed by atoms with Crippen LogP contribution in [0.4, 0.5) is 0 Å². The molecule has 0 saturated heterocycles. The van der Waals surface area contributed by atoms with Gasteiger partial charge >= 0.3 is 0 Å². The molecule has 0 spiro atoms. The van der Waals surface area contributed by atoms with Gasteiger partial charge in [0.1, 0.15) is 11.9 Å². The van der Waals surface area contributed by atoms with Crippen molar-refractivity contribution in [3.05, 3.63) is 65.7 Å². The summed E-state index contributed by atoms with van der Waals surface area (Å²) < 4.78 is 11.0. The highest BCUT2D eigenvalue weighted by molar-refractivity contribution is 5.38. The van der Waals surface area contributed by atoms with Crippen LogP contribution in [-0.4, -0.2) is 13.7 Å². The van der Waals surface area contributed by atoms with Crippen LogP contribution in [0.2, 0.25) is 0 Å². The minimum absolute atomic E-state index is 0.240. The summed E-state index contributed by atoms with van der Waals surface area (Å²) >= 11 is 0. The van der Waals surface area contributed by atoms with E-state index in [1.54, 1.807) is 7.11 Å². The van der Waals surface area contributed by atoms with Gasteiger partial charge in [0.15, 0.2) is 0 Å². The molecule has 2 nitrogen and oxygen atoms in total. The Morgan fingerprint density at radius 1 is 1.05 bits per heavy atom. The van der Waals surface area contributed by atoms with E-state index in [9.17, 15) is 0 Å². The van der Waals surface area contributed by atoms with Gasteiger partial charge in [-0.3, -0.25) is 0 Å². The second kappa shape index (κ2) is 7.37. The molecular weight excluding hydrogens is 248 g/mol. The van der Waals surface area contributed by atoms with Gasteiger partial charge in [0.05, 0.1) is 7.11 Å². The minimum Gasteiger partial charge on any atom is -0.497 e. The Morgan fingerprint density at radius 2 is 1.85 bits per heavy atom. The fourth-order valence-electron chi connectivity index (χ4n) is 1.86. The zero-order chi connectivity index (χ0) is 14.2. The molecule has 2 aromatic rings. The van der Waals surface area contributed by atoms with E-state index < -0.39 is 0 Å². The van der Waals surface area contributed by atoms with E-state index >= 15 is 0 Å². The Balaban J connectivity index is 2.25. The summed E-state index contributed by atoms with van der Waals surface area (Å²) in [6.07, 6.45) is -0.240. The standard InChI is InChI=1S/C18H18O2/c1-3-20-18(13-12-15-8-5-4-6-9-15)16-10-7-11-17(14-16)19-2/h4-11,14,18H,3H2,1-2H3. The molecule has 0 aliphatic carbocycles. The molecule has 0 N–H and O–H groups in total. The lowest BCUT2D eigenvalue weighted by Gasteiger charge is -2.12. The second-order valence-electron chi connectivity index (χ2n) is 4.25. The summed E-state index contributed by atoms with van der Waals surface area (Å²) in [5.41, 5.74) is 2.00. The van der Waals surface area contributed by atoms with Crippen LogP contribution < -0.4 is 4.74 Å². The predicted octanol–water partition coefficient (Wildman–Crippen LogP) is 3.82. The smallest absolute Gasteiger partial charge is 0.143 e. The maximum absolute atomic E-state index is 5.72. The Labute approximate surface area is 120 Å². The van der Waals surface area contributed by atoms with Crippen molar-refractivity contribution in [1.29, 1.82) is 0 Å². The van der Waals surface area contributed by atoms with Gasteiger partial charge in [-0.1, -0.05) is 42.2 Å². The Bertz CT molecular complexity index is 594. The summed E-state index contributed by atoms with van der Waals surface area (Å²) in [7, 11) is 1.66. The van der Waals surface area contributed by atoms with Crippen molar-refractivity contribution in [2.45, 2.75) is 13.0 Å². The molecular formula is C18H18O2. The maximum Gasteiger partial charge on any atom is 0.143 e. The fourth-order valence-corrected chi connectivity index (χ4v) is 1.86. The van der Waals surface area contributed by atoms with Crippen LogP contribution >= 0.6 is 0 Å². The lowest BCUT2D eigenvalue weighted by atomic mass is 10.1. The van der Waals surface area contributed by atoms with Gasteiger partial charge in [-0.2, -0.15) is 0 Å². The molecule has 0 saturated carbocycles. The molecule has 0 amide bonds. The summed E-state index contributed by atoms with van der Waals surface area (Å²) in [5, 5.41) is 0. The number of hydrogen-bond acceptors (Lipinski definition) is 2. The number of methoxy groups -OCH3 is 1. The first-order valence-electron chi connectivity index (χ1n) is 6.65. The zero-order valence-corrected chi connectivity index (χ0v) is 11.8. The normalized spacial score (nSPS) is 11.3. The first kappa shape index (κ1) is 14.2. The molecule has 1 unspecified atom stereocenters. The average molecular weight is 266 g/mol. The summed E-state index contributed by atoms with van der Waals surface area (Å²) in [5.74, 6) is 7.14. The lowest BCUT2D eigenvalue weighted by Crippen LogP contribution is -2.02. The van der Waals surface area contributed by atoms with Crippen LogP contribution in [0.1, 0.15) is 24.2 Å². The van der Waals surface area contributed by atoms with Crippen molar-refractivity contribution in [1.82, 2.24) is 0 Å². The Hall–Kier alpha value is -2.24. The third kappa shape index (κ3) is 3.88. The topological polar surface area (TPSA) is 18.5 Å². The highest BCUT2D eigenvalue weighted by atomic mass is 16.5. The minimum atomic E-state index is -0.240. The van der Waals surface area contributed by atoms with Crippen LogP contribution in [0.15, 0.2) is 54.6 Å². The van der Waals surface area contributed by atoms with Gasteiger partial charge in [0, 0.05) is 12.2 Å². The molecule has 0 fully saturated rings. The van der Waals surface area contributed by atoms with Crippen molar-refractivity contribution in [3.8, 4) is 17.6 Å². The second-order valence-corrected chi connectivity index (χ2v) is 4.25. The van der Waals surface area contributed by atoms with E-state index in [-0.39, 0.29) is 6.10 Å². The van der Waals surface area contributed by atoms with Crippen molar-refractivity contribution in [2.24, 2.45) is 0 Å². The van der Waals surface area contributed by atoms with Crippen LogP contribution in [-0.2, 0) is 4.74 Å². The third-order valence-electron chi connectivity index (χ3n) is 2.85. The van der Waals surface area contributed by atoms with Crippen molar-refractivity contribution in [2.75, 3.05) is 13.7 Å². The Morgan fingerprint density at radius 3 is 2.55 bits per heavy atom. The number of benzene rings is 2. The fraction of sp³-hybridized carbons (Fsp3) is 0.222. The quantitative estimate of drug-likeness (QED) is 0.783. The molecule has 0 heterocycles. The zero-order valence-electron chi connectivity index (χ0n) is 11.8. The largest absolute Gasteiger partial charge is 0.497 e. The molecule has 0 aromatic heterocycles. The highest BCUT2D eigenvalue weighted by Crippen LogP contribution is 2.21. The van der Waals surface area contributed by atoms with E-state index in [0.29, 0.717) is 6.61 Å². The van der Waals surface area contributed by atoms with Crippen LogP contribution in [0, 0.1) is 11.8 Å². The maximum atomic E-state index is 5.72. The van der Waals surface area contributed by atoms with Crippen molar-refractivity contribution >= 4 is 0 Å². The van der Waals surface area contributed by atoms with E-state index in [1.165, 1.54) is 0 Å². The number of rotatable bonds is 4. The van der Waals surface area contributed by atoms with Gasteiger partial charge in [-0.25, -0.2) is 0 Å². The van der Waals surface area contributed by atoms with Crippen LogP contribution in [0.25, 0.3) is 0 Å². The predicted molar refractivity (Wildman–Crippen MR) is 80.7 cm³/mol. The molecule has 0 aliphatic heterocycles. The molecule has 2 aromatic carbocycles. The van der Waals surface area contributed by atoms with Gasteiger partial charge in [-0.05, 0) is 36.8 Å². The van der Waals surface area contributed by atoms with Crippen LogP contribution in [0.5, 0.6) is 5.75 Å². The molecule has 1 atom stereocenters. The monoisotopic (exact) mass is 266 g/mol. The number of hydrogen-bond donors (Lipinski definition) is 0. The highest BCUT2D eigenvalue weighted by Gasteiger charge is 2.08. The molecule has 2 rings (SSSR count). The average Bonchev–Trinajstić information content (AvgIpc) is 2.52. The SMILES string of the molecule is CCOC(C#Cc1ccccc1)c1cccc(OC)c1. The number of ether oxygens (including phenoxy) is 2. The van der Waals surface area contributed by atoms with E-state index in [2.05, 4.69) is 11.8 Å². The van der Waals surface area contributed by atoms with Gasteiger partial charge in [0.25, 0.3) is 0 Å². The summed E-state index contributed by atoms with van der Waals surface area (Å²) in [4.78, 5) is 0. The molecule has 2 heteroatoms. The van der Waals surface area contributed by atoms with Crippen molar-refractivity contribution < 1.29 is 9.47 Å². The van der Waals surface area contributed by atoms with E-state index in [0.717, 1.165) is 16.9 Å². The van der Waals surface area contributed by atoms with Crippen LogP contribution in [0.3, 0.4) is 0 Å². The molecule has 0 radical (unpaired) electrons. The van der Waals surface area contributed by atoms with Gasteiger partial charge < -0.3 is 9.47 Å². The van der Waals surface area contributed by atoms with Crippen molar-refractivity contribution in [3.63, 3.8) is 0 Å². The molecule has 0 bridgehead atoms.